The SMILES string of the molecule is CNCC1=CC2CC3(O)C4(CCCCC15OC(=O)C=C5C24)CCC1C2(C=O)CCC(O)C4CCC(C(C)C)CC(C(O)C13O)C42O. The first kappa shape index (κ1) is 31.6. The second-order valence-corrected chi connectivity index (χ2v) is 17.1. The van der Waals surface area contributed by atoms with E-state index in [-0.39, 0.29) is 42.5 Å². The van der Waals surface area contributed by atoms with E-state index in [4.69, 9.17) is 4.74 Å². The lowest BCUT2D eigenvalue weighted by Crippen LogP contribution is -2.85. The van der Waals surface area contributed by atoms with Crippen LogP contribution >= 0.6 is 0 Å². The van der Waals surface area contributed by atoms with Gasteiger partial charge in [0.15, 0.2) is 5.60 Å². The maximum Gasteiger partial charge on any atom is 0.332 e. The van der Waals surface area contributed by atoms with Crippen LogP contribution in [0.4, 0.5) is 0 Å². The average Bonchev–Trinajstić information content (AvgIpc) is 3.39. The van der Waals surface area contributed by atoms with Crippen LogP contribution < -0.4 is 5.32 Å². The molecule has 1 heterocycles. The molecular weight excluding hydrogens is 586 g/mol. The van der Waals surface area contributed by atoms with Gasteiger partial charge in [-0.1, -0.05) is 26.3 Å². The molecule has 2 bridgehead atoms. The summed E-state index contributed by atoms with van der Waals surface area (Å²) >= 11 is 0. The lowest BCUT2D eigenvalue weighted by molar-refractivity contribution is -0.375. The van der Waals surface area contributed by atoms with Gasteiger partial charge in [0.2, 0.25) is 0 Å². The van der Waals surface area contributed by atoms with Gasteiger partial charge < -0.3 is 40.4 Å². The van der Waals surface area contributed by atoms with Gasteiger partial charge in [0.1, 0.15) is 17.5 Å². The highest BCUT2D eigenvalue weighted by atomic mass is 16.6. The van der Waals surface area contributed by atoms with Crippen LogP contribution in [0, 0.1) is 52.3 Å². The standard InChI is InChI=1S/C37H53NO8/c1-20(2)21-6-7-24-27(40)8-12-33(19-39)28-9-13-32-10-4-5-11-34-23(18-38-3)14-22(30(32)25(34)16-29(41)46-34)17-35(32,43)37(28,45)31(42)26(15-21)36(24,33)44/h14,16,19-22,24,26-28,30-31,38,40,42-45H,4-13,15,17-18H2,1-3H3. The van der Waals surface area contributed by atoms with Gasteiger partial charge in [-0.2, -0.15) is 0 Å². The number of allylic oxidation sites excluding steroid dienone is 1. The summed E-state index contributed by atoms with van der Waals surface area (Å²) in [5.74, 6) is -2.85. The predicted molar refractivity (Wildman–Crippen MR) is 168 cm³/mol. The van der Waals surface area contributed by atoms with Crippen molar-refractivity contribution in [1.82, 2.24) is 5.32 Å². The fourth-order valence-corrected chi connectivity index (χ4v) is 13.9. The normalized spacial score (nSPS) is 55.4. The van der Waals surface area contributed by atoms with E-state index >= 15 is 0 Å². The summed E-state index contributed by atoms with van der Waals surface area (Å²) in [6, 6.07) is 0. The van der Waals surface area contributed by atoms with Gasteiger partial charge in [-0.25, -0.2) is 4.79 Å². The Morgan fingerprint density at radius 1 is 1.00 bits per heavy atom. The molecule has 46 heavy (non-hydrogen) atoms. The largest absolute Gasteiger partial charge is 0.447 e. The van der Waals surface area contributed by atoms with E-state index in [0.29, 0.717) is 51.5 Å². The summed E-state index contributed by atoms with van der Waals surface area (Å²) < 4.78 is 6.20. The molecule has 8 rings (SSSR count). The number of hydrogen-bond donors (Lipinski definition) is 6. The van der Waals surface area contributed by atoms with Crippen molar-refractivity contribution in [3.8, 4) is 0 Å². The molecule has 9 nitrogen and oxygen atoms in total. The van der Waals surface area contributed by atoms with E-state index in [9.17, 15) is 35.1 Å². The number of aliphatic hydroxyl groups is 5. The molecule has 0 aromatic rings. The van der Waals surface area contributed by atoms with Gasteiger partial charge >= 0.3 is 5.97 Å². The Bertz CT molecular complexity index is 1390. The zero-order valence-corrected chi connectivity index (χ0v) is 27.6. The Morgan fingerprint density at radius 3 is 2.48 bits per heavy atom. The number of ether oxygens (including phenoxy) is 1. The summed E-state index contributed by atoms with van der Waals surface area (Å²) in [6.07, 6.45) is 8.49. The Labute approximate surface area is 271 Å². The van der Waals surface area contributed by atoms with Crippen LogP contribution in [0.1, 0.15) is 90.9 Å². The topological polar surface area (TPSA) is 157 Å². The van der Waals surface area contributed by atoms with Crippen molar-refractivity contribution in [3.05, 3.63) is 23.3 Å². The maximum atomic E-state index is 13.7. The van der Waals surface area contributed by atoms with Crippen molar-refractivity contribution >= 4 is 12.3 Å². The number of esters is 1. The monoisotopic (exact) mass is 639 g/mol. The van der Waals surface area contributed by atoms with Gasteiger partial charge in [-0.05, 0) is 112 Å². The van der Waals surface area contributed by atoms with Crippen molar-refractivity contribution in [2.24, 2.45) is 52.3 Å². The molecule has 0 amide bonds. The second-order valence-electron chi connectivity index (χ2n) is 17.1. The Hall–Kier alpha value is -1.62. The zero-order chi connectivity index (χ0) is 32.7. The summed E-state index contributed by atoms with van der Waals surface area (Å²) in [4.78, 5) is 26.8. The first-order chi connectivity index (χ1) is 21.8. The van der Waals surface area contributed by atoms with Crippen molar-refractivity contribution in [3.63, 3.8) is 0 Å². The van der Waals surface area contributed by atoms with Gasteiger partial charge in [0.25, 0.3) is 0 Å². The van der Waals surface area contributed by atoms with Crippen molar-refractivity contribution in [2.45, 2.75) is 126 Å². The van der Waals surface area contributed by atoms with Crippen molar-refractivity contribution < 1.29 is 39.9 Å². The minimum atomic E-state index is -2.08. The number of rotatable bonds is 4. The lowest BCUT2D eigenvalue weighted by atomic mass is 9.35. The molecule has 8 aliphatic rings. The number of nitrogens with one attached hydrogen (secondary N) is 1. The zero-order valence-electron chi connectivity index (χ0n) is 27.6. The number of likely N-dealkylation sites (N-methyl/N-ethyl adjacent to an activating group) is 1. The number of hydrogen-bond acceptors (Lipinski definition) is 9. The minimum absolute atomic E-state index is 0.116. The fraction of sp³-hybridized carbons (Fsp3) is 0.838. The Kier molecular flexibility index (Phi) is 6.86. The molecule has 14 unspecified atom stereocenters. The third-order valence-electron chi connectivity index (χ3n) is 15.7. The van der Waals surface area contributed by atoms with Crippen molar-refractivity contribution in [2.75, 3.05) is 13.6 Å². The molecule has 1 aliphatic heterocycles. The van der Waals surface area contributed by atoms with Gasteiger partial charge in [-0.15, -0.1) is 0 Å². The van der Waals surface area contributed by atoms with Crippen LogP contribution in [0.3, 0.4) is 0 Å². The van der Waals surface area contributed by atoms with E-state index in [1.165, 1.54) is 0 Å². The lowest BCUT2D eigenvalue weighted by Gasteiger charge is -2.73. The number of aldehydes is 1. The summed E-state index contributed by atoms with van der Waals surface area (Å²) in [7, 11) is 1.87. The first-order valence-corrected chi connectivity index (χ1v) is 18.1. The minimum Gasteiger partial charge on any atom is -0.447 e. The number of aliphatic hydroxyl groups excluding tert-OH is 2. The Morgan fingerprint density at radius 2 is 1.76 bits per heavy atom. The molecule has 0 radical (unpaired) electrons. The number of carbonyl (C=O) groups excluding carboxylic acids is 2. The molecule has 6 saturated carbocycles. The molecule has 7 aliphatic carbocycles. The van der Waals surface area contributed by atoms with E-state index < -0.39 is 63.2 Å². The molecule has 6 N–H and O–H groups in total. The Balaban J connectivity index is 1.34. The maximum absolute atomic E-state index is 13.7. The third kappa shape index (κ3) is 3.34. The molecule has 254 valence electrons. The second kappa shape index (κ2) is 9.97. The van der Waals surface area contributed by atoms with E-state index in [1.807, 2.05) is 7.05 Å². The van der Waals surface area contributed by atoms with Gasteiger partial charge in [-0.3, -0.25) is 0 Å². The molecule has 6 fully saturated rings. The van der Waals surface area contributed by atoms with Crippen LogP contribution in [0.2, 0.25) is 0 Å². The van der Waals surface area contributed by atoms with Gasteiger partial charge in [0, 0.05) is 35.8 Å². The van der Waals surface area contributed by atoms with Crippen LogP contribution in [-0.4, -0.2) is 86.0 Å². The quantitative estimate of drug-likeness (QED) is 0.155. The molecular formula is C37H53NO8. The third-order valence-corrected chi connectivity index (χ3v) is 15.7. The summed E-state index contributed by atoms with van der Waals surface area (Å²) in [5.41, 5.74) is -6.84. The highest BCUT2D eigenvalue weighted by molar-refractivity contribution is 5.88. The summed E-state index contributed by atoms with van der Waals surface area (Å²) in [6.45, 7) is 4.77. The molecule has 0 saturated heterocycles. The van der Waals surface area contributed by atoms with Crippen molar-refractivity contribution in [1.29, 1.82) is 0 Å². The summed E-state index contributed by atoms with van der Waals surface area (Å²) in [5, 5.41) is 67.6. The first-order valence-electron chi connectivity index (χ1n) is 18.1. The molecule has 0 aromatic heterocycles. The average molecular weight is 640 g/mol. The number of fused-ring (bicyclic) bond motifs is 3. The van der Waals surface area contributed by atoms with E-state index in [2.05, 4.69) is 25.2 Å². The number of carbonyl (C=O) groups is 2. The van der Waals surface area contributed by atoms with Crippen LogP contribution in [0.25, 0.3) is 0 Å². The van der Waals surface area contributed by atoms with E-state index in [0.717, 1.165) is 36.7 Å². The van der Waals surface area contributed by atoms with Gasteiger partial charge in [0.05, 0.1) is 23.2 Å². The van der Waals surface area contributed by atoms with E-state index in [1.54, 1.807) is 6.08 Å². The molecule has 9 heteroatoms. The van der Waals surface area contributed by atoms with Crippen LogP contribution in [0.5, 0.6) is 0 Å². The fourth-order valence-electron chi connectivity index (χ4n) is 13.9. The van der Waals surface area contributed by atoms with Crippen LogP contribution in [-0.2, 0) is 14.3 Å². The highest BCUT2D eigenvalue weighted by Crippen LogP contribution is 2.78. The smallest absolute Gasteiger partial charge is 0.332 e. The molecule has 0 aromatic carbocycles. The van der Waals surface area contributed by atoms with Crippen LogP contribution in [0.15, 0.2) is 23.3 Å². The molecule has 1 spiro atoms. The molecule has 14 atom stereocenters. The predicted octanol–water partition coefficient (Wildman–Crippen LogP) is 2.57. The highest BCUT2D eigenvalue weighted by Gasteiger charge is 2.85.